The van der Waals surface area contributed by atoms with Crippen LogP contribution in [0.4, 0.5) is 0 Å². The molecule has 1 aliphatic heterocycles. The Bertz CT molecular complexity index is 779. The molecule has 0 bridgehead atoms. The van der Waals surface area contributed by atoms with Crippen molar-refractivity contribution in [2.75, 3.05) is 26.2 Å². The van der Waals surface area contributed by atoms with Crippen LogP contribution in [0.3, 0.4) is 0 Å². The van der Waals surface area contributed by atoms with Crippen LogP contribution in [0.15, 0.2) is 36.5 Å². The van der Waals surface area contributed by atoms with Crippen molar-refractivity contribution in [3.8, 4) is 0 Å². The summed E-state index contributed by atoms with van der Waals surface area (Å²) in [5, 5.41) is 1.03. The maximum absolute atomic E-state index is 13.3. The average Bonchev–Trinajstić information content (AvgIpc) is 3.48. The van der Waals surface area contributed by atoms with Gasteiger partial charge in [-0.2, -0.15) is 0 Å². The molecular formula is C22H29N3O. The lowest BCUT2D eigenvalue weighted by Gasteiger charge is -2.34. The minimum Gasteiger partial charge on any atom is -0.337 e. The molecule has 2 heterocycles. The number of hydrogen-bond donors (Lipinski definition) is 0. The number of nitrogens with zero attached hydrogens (tertiary/aromatic N) is 3. The number of benzene rings is 1. The van der Waals surface area contributed by atoms with Crippen LogP contribution in [0.1, 0.15) is 43.5 Å². The zero-order chi connectivity index (χ0) is 18.1. The second-order valence-corrected chi connectivity index (χ2v) is 8.24. The third kappa shape index (κ3) is 3.61. The molecule has 4 heteroatoms. The topological polar surface area (TPSA) is 36.4 Å². The molecule has 1 atom stereocenters. The standard InChI is InChI=1S/C22H29N3O/c1-16(2)20-15-25(13-5-12-24(20)14-17-9-10-17)22(26)19-8-3-6-18-7-4-11-23-21(18)19/h3-4,6-8,11,16-17,20H,5,9-10,12-15H2,1-2H3. The van der Waals surface area contributed by atoms with Gasteiger partial charge in [0.25, 0.3) is 5.91 Å². The van der Waals surface area contributed by atoms with E-state index in [2.05, 4.69) is 28.6 Å². The van der Waals surface area contributed by atoms with Gasteiger partial charge >= 0.3 is 0 Å². The lowest BCUT2D eigenvalue weighted by Crippen LogP contribution is -2.46. The molecule has 0 N–H and O–H groups in total. The Balaban J connectivity index is 1.58. The summed E-state index contributed by atoms with van der Waals surface area (Å²) in [7, 11) is 0. The highest BCUT2D eigenvalue weighted by atomic mass is 16.2. The van der Waals surface area contributed by atoms with Crippen molar-refractivity contribution < 1.29 is 4.79 Å². The maximum atomic E-state index is 13.3. The Morgan fingerprint density at radius 3 is 2.77 bits per heavy atom. The molecule has 1 amide bonds. The van der Waals surface area contributed by atoms with Crippen molar-refractivity contribution in [2.45, 2.75) is 39.2 Å². The highest BCUT2D eigenvalue weighted by Crippen LogP contribution is 2.32. The molecule has 2 aromatic rings. The summed E-state index contributed by atoms with van der Waals surface area (Å²) in [5.41, 5.74) is 1.56. The highest BCUT2D eigenvalue weighted by Gasteiger charge is 2.33. The van der Waals surface area contributed by atoms with Crippen LogP contribution in [0.2, 0.25) is 0 Å². The number of hydrogen-bond acceptors (Lipinski definition) is 3. The largest absolute Gasteiger partial charge is 0.337 e. The second kappa shape index (κ2) is 7.36. The number of aromatic nitrogens is 1. The minimum atomic E-state index is 0.133. The molecule has 1 unspecified atom stereocenters. The van der Waals surface area contributed by atoms with Crippen LogP contribution in [0.5, 0.6) is 0 Å². The van der Waals surface area contributed by atoms with E-state index in [9.17, 15) is 4.79 Å². The molecule has 1 aliphatic carbocycles. The molecule has 138 valence electrons. The van der Waals surface area contributed by atoms with E-state index in [0.29, 0.717) is 12.0 Å². The van der Waals surface area contributed by atoms with Crippen molar-refractivity contribution in [1.82, 2.24) is 14.8 Å². The summed E-state index contributed by atoms with van der Waals surface area (Å²) < 4.78 is 0. The third-order valence-corrected chi connectivity index (χ3v) is 5.86. The lowest BCUT2D eigenvalue weighted by atomic mass is 10.0. The zero-order valence-corrected chi connectivity index (χ0v) is 15.9. The number of fused-ring (bicyclic) bond motifs is 1. The van der Waals surface area contributed by atoms with Gasteiger partial charge in [0.1, 0.15) is 0 Å². The average molecular weight is 351 g/mol. The molecule has 1 saturated carbocycles. The summed E-state index contributed by atoms with van der Waals surface area (Å²) in [6.07, 6.45) is 5.59. The number of carbonyl (C=O) groups is 1. The molecule has 2 fully saturated rings. The molecule has 4 nitrogen and oxygen atoms in total. The number of rotatable bonds is 4. The zero-order valence-electron chi connectivity index (χ0n) is 15.9. The molecular weight excluding hydrogens is 322 g/mol. The SMILES string of the molecule is CC(C)C1CN(C(=O)c2cccc3cccnc23)CCCN1CC1CC1. The summed E-state index contributed by atoms with van der Waals surface area (Å²) in [4.78, 5) is 22.5. The van der Waals surface area contributed by atoms with Gasteiger partial charge in [0.2, 0.25) is 0 Å². The van der Waals surface area contributed by atoms with Crippen LogP contribution >= 0.6 is 0 Å². The van der Waals surface area contributed by atoms with Crippen molar-refractivity contribution in [2.24, 2.45) is 11.8 Å². The van der Waals surface area contributed by atoms with Crippen LogP contribution < -0.4 is 0 Å². The predicted molar refractivity (Wildman–Crippen MR) is 105 cm³/mol. The monoisotopic (exact) mass is 351 g/mol. The van der Waals surface area contributed by atoms with E-state index in [1.54, 1.807) is 6.20 Å². The first-order chi connectivity index (χ1) is 12.6. The fraction of sp³-hybridized carbons (Fsp3) is 0.545. The quantitative estimate of drug-likeness (QED) is 0.840. The van der Waals surface area contributed by atoms with Gasteiger partial charge in [-0.15, -0.1) is 0 Å². The molecule has 2 aliphatic rings. The Morgan fingerprint density at radius 1 is 1.19 bits per heavy atom. The Labute approximate surface area is 156 Å². The predicted octanol–water partition coefficient (Wildman–Crippen LogP) is 3.82. The van der Waals surface area contributed by atoms with Crippen LogP contribution in [-0.4, -0.2) is 52.9 Å². The van der Waals surface area contributed by atoms with Gasteiger partial charge in [-0.05, 0) is 43.2 Å². The summed E-state index contributed by atoms with van der Waals surface area (Å²) in [6.45, 7) is 8.56. The van der Waals surface area contributed by atoms with Gasteiger partial charge in [-0.3, -0.25) is 14.7 Å². The van der Waals surface area contributed by atoms with Crippen LogP contribution in [0, 0.1) is 11.8 Å². The summed E-state index contributed by atoms with van der Waals surface area (Å²) in [6, 6.07) is 10.3. The first-order valence-corrected chi connectivity index (χ1v) is 10.0. The number of pyridine rings is 1. The van der Waals surface area contributed by atoms with Crippen molar-refractivity contribution in [3.05, 3.63) is 42.1 Å². The van der Waals surface area contributed by atoms with E-state index in [1.807, 2.05) is 30.3 Å². The Morgan fingerprint density at radius 2 is 2.00 bits per heavy atom. The summed E-state index contributed by atoms with van der Waals surface area (Å²) >= 11 is 0. The molecule has 0 radical (unpaired) electrons. The smallest absolute Gasteiger partial charge is 0.256 e. The van der Waals surface area contributed by atoms with Gasteiger partial charge in [0.15, 0.2) is 0 Å². The minimum absolute atomic E-state index is 0.133. The molecule has 0 spiro atoms. The van der Waals surface area contributed by atoms with E-state index >= 15 is 0 Å². The molecule has 1 aromatic heterocycles. The van der Waals surface area contributed by atoms with Crippen molar-refractivity contribution >= 4 is 16.8 Å². The van der Waals surface area contributed by atoms with Gasteiger partial charge in [0, 0.05) is 43.8 Å². The molecule has 1 aromatic carbocycles. The normalized spacial score (nSPS) is 22.0. The number of carbonyl (C=O) groups excluding carboxylic acids is 1. The highest BCUT2D eigenvalue weighted by molar-refractivity contribution is 6.05. The Hall–Kier alpha value is -1.94. The number of para-hydroxylation sites is 1. The van der Waals surface area contributed by atoms with Gasteiger partial charge in [-0.1, -0.05) is 32.0 Å². The van der Waals surface area contributed by atoms with Crippen LogP contribution in [0.25, 0.3) is 10.9 Å². The van der Waals surface area contributed by atoms with Gasteiger partial charge in [-0.25, -0.2) is 0 Å². The fourth-order valence-corrected chi connectivity index (χ4v) is 4.19. The first kappa shape index (κ1) is 17.5. The van der Waals surface area contributed by atoms with E-state index in [1.165, 1.54) is 19.4 Å². The van der Waals surface area contributed by atoms with Crippen molar-refractivity contribution in [1.29, 1.82) is 0 Å². The lowest BCUT2D eigenvalue weighted by molar-refractivity contribution is 0.0706. The third-order valence-electron chi connectivity index (χ3n) is 5.86. The second-order valence-electron chi connectivity index (χ2n) is 8.24. The summed E-state index contributed by atoms with van der Waals surface area (Å²) in [5.74, 6) is 1.57. The molecule has 1 saturated heterocycles. The van der Waals surface area contributed by atoms with E-state index in [-0.39, 0.29) is 5.91 Å². The van der Waals surface area contributed by atoms with Gasteiger partial charge in [0.05, 0.1) is 11.1 Å². The maximum Gasteiger partial charge on any atom is 0.256 e. The molecule has 26 heavy (non-hydrogen) atoms. The van der Waals surface area contributed by atoms with E-state index in [4.69, 9.17) is 0 Å². The number of amides is 1. The fourth-order valence-electron chi connectivity index (χ4n) is 4.19. The van der Waals surface area contributed by atoms with Gasteiger partial charge < -0.3 is 4.90 Å². The van der Waals surface area contributed by atoms with E-state index in [0.717, 1.165) is 48.4 Å². The van der Waals surface area contributed by atoms with Crippen LogP contribution in [-0.2, 0) is 0 Å². The first-order valence-electron chi connectivity index (χ1n) is 10.0. The van der Waals surface area contributed by atoms with Crippen molar-refractivity contribution in [3.63, 3.8) is 0 Å². The van der Waals surface area contributed by atoms with E-state index < -0.39 is 0 Å². The Kier molecular flexibility index (Phi) is 4.94. The molecule has 4 rings (SSSR count).